The van der Waals surface area contributed by atoms with Crippen molar-refractivity contribution in [2.45, 2.75) is 107 Å². The molecule has 0 unspecified atom stereocenters. The number of rotatable bonds is 10. The summed E-state index contributed by atoms with van der Waals surface area (Å²) in [5.41, 5.74) is 7.23. The first kappa shape index (κ1) is 36.1. The van der Waals surface area contributed by atoms with E-state index in [9.17, 15) is 9.59 Å². The molecule has 0 spiro atoms. The first-order chi connectivity index (χ1) is 21.0. The molecule has 3 aliphatic rings. The third kappa shape index (κ3) is 10.3. The van der Waals surface area contributed by atoms with Crippen LogP contribution in [-0.2, 0) is 24.1 Å². The normalized spacial score (nSPS) is 27.2. The van der Waals surface area contributed by atoms with Gasteiger partial charge >= 0.3 is 0 Å². The van der Waals surface area contributed by atoms with Crippen molar-refractivity contribution in [3.63, 3.8) is 0 Å². The largest absolute Gasteiger partial charge is 0.308 e. The summed E-state index contributed by atoms with van der Waals surface area (Å²) in [5.74, 6) is -0.511. The lowest BCUT2D eigenvalue weighted by molar-refractivity contribution is -0.307. The van der Waals surface area contributed by atoms with E-state index in [2.05, 4.69) is 58.9 Å². The fourth-order valence-electron chi connectivity index (χ4n) is 5.69. The number of hydrogen-bond donors (Lipinski definition) is 0. The molecule has 1 fully saturated rings. The van der Waals surface area contributed by atoms with Crippen molar-refractivity contribution in [1.29, 1.82) is 0 Å². The minimum Gasteiger partial charge on any atom is -0.308 e. The highest BCUT2D eigenvalue weighted by Crippen LogP contribution is 2.40. The summed E-state index contributed by atoms with van der Waals surface area (Å²) < 4.78 is 5.94. The van der Waals surface area contributed by atoms with Gasteiger partial charge in [0.05, 0.1) is 0 Å². The van der Waals surface area contributed by atoms with Gasteiger partial charge in [-0.1, -0.05) is 111 Å². The zero-order chi connectivity index (χ0) is 33.4. The zero-order valence-corrected chi connectivity index (χ0v) is 29.0. The van der Waals surface area contributed by atoms with Crippen molar-refractivity contribution >= 4 is 11.6 Å². The van der Waals surface area contributed by atoms with E-state index in [-0.39, 0.29) is 22.4 Å². The van der Waals surface area contributed by atoms with Crippen molar-refractivity contribution in [2.75, 3.05) is 0 Å². The van der Waals surface area contributed by atoms with Crippen LogP contribution in [0.2, 0.25) is 0 Å². The van der Waals surface area contributed by atoms with Crippen LogP contribution >= 0.6 is 0 Å². The molecule has 2 aliphatic carbocycles. The third-order valence-electron chi connectivity index (χ3n) is 8.84. The van der Waals surface area contributed by atoms with Gasteiger partial charge in [0.1, 0.15) is 0 Å². The van der Waals surface area contributed by atoms with Crippen LogP contribution in [0.25, 0.3) is 0 Å². The minimum atomic E-state index is -1.00. The fraction of sp³-hybridized carbons (Fsp3) is 0.450. The second-order valence-corrected chi connectivity index (χ2v) is 13.9. The first-order valence-corrected chi connectivity index (χ1v) is 16.0. The quantitative estimate of drug-likeness (QED) is 0.181. The van der Waals surface area contributed by atoms with E-state index in [0.717, 1.165) is 51.9 Å². The molecule has 0 aromatic heterocycles. The lowest BCUT2D eigenvalue weighted by atomic mass is 9.72. The molecule has 3 rings (SSSR count). The molecule has 1 aliphatic heterocycles. The Hall–Kier alpha value is -3.38. The number of ketones is 2. The number of allylic oxidation sites excluding steroid dienone is 18. The van der Waals surface area contributed by atoms with E-state index >= 15 is 0 Å². The predicted octanol–water partition coefficient (Wildman–Crippen LogP) is 10.0. The first-order valence-electron chi connectivity index (χ1n) is 16.0. The van der Waals surface area contributed by atoms with Crippen LogP contribution in [0.4, 0.5) is 0 Å². The Balaban J connectivity index is 1.52. The number of hydrogen-bond acceptors (Lipinski definition) is 5. The molecule has 0 N–H and O–H groups in total. The van der Waals surface area contributed by atoms with Crippen LogP contribution in [0.5, 0.6) is 0 Å². The molecule has 2 atom stereocenters. The Labute approximate surface area is 271 Å². The molecular formula is C40H52O5. The SMILES string of the molecule is CC1=C(/C=C/C(C)=C/C=C/C(C)=C/C=C/[C@H]2OO[C@@](C)(/C=C/C=C(C)/C=C/C3=C(C)C(=O)CCC3(C)C)O2)C(C)(C)CCC1=O. The Morgan fingerprint density at radius 2 is 1.16 bits per heavy atom. The van der Waals surface area contributed by atoms with Crippen LogP contribution in [0.1, 0.15) is 94.9 Å². The summed E-state index contributed by atoms with van der Waals surface area (Å²) in [6.45, 7) is 20.6. The topological polar surface area (TPSA) is 61.8 Å². The lowest BCUT2D eigenvalue weighted by Gasteiger charge is -2.32. The molecular weight excluding hydrogens is 560 g/mol. The summed E-state index contributed by atoms with van der Waals surface area (Å²) in [6.07, 6.45) is 28.1. The minimum absolute atomic E-state index is 0.00502. The van der Waals surface area contributed by atoms with E-state index in [1.165, 1.54) is 0 Å². The molecule has 5 heteroatoms. The number of ether oxygens (including phenoxy) is 1. The Kier molecular flexibility index (Phi) is 12.2. The highest BCUT2D eigenvalue weighted by Gasteiger charge is 2.36. The Morgan fingerprint density at radius 1 is 0.689 bits per heavy atom. The van der Waals surface area contributed by atoms with Gasteiger partial charge < -0.3 is 4.74 Å². The molecule has 0 saturated carbocycles. The second-order valence-electron chi connectivity index (χ2n) is 13.9. The van der Waals surface area contributed by atoms with Crippen molar-refractivity contribution in [1.82, 2.24) is 0 Å². The van der Waals surface area contributed by atoms with E-state index < -0.39 is 12.1 Å². The molecule has 1 heterocycles. The van der Waals surface area contributed by atoms with Crippen molar-refractivity contribution in [2.24, 2.45) is 10.8 Å². The average Bonchev–Trinajstić information content (AvgIpc) is 3.33. The monoisotopic (exact) mass is 612 g/mol. The smallest absolute Gasteiger partial charge is 0.221 e. The molecule has 0 amide bonds. The van der Waals surface area contributed by atoms with Gasteiger partial charge in [0.2, 0.25) is 12.1 Å². The maximum absolute atomic E-state index is 12.2. The van der Waals surface area contributed by atoms with Crippen LogP contribution in [0.15, 0.2) is 118 Å². The van der Waals surface area contributed by atoms with Crippen LogP contribution in [0, 0.1) is 10.8 Å². The Bertz CT molecular complexity index is 1460. The maximum atomic E-state index is 12.2. The number of carbonyl (C=O) groups excluding carboxylic acids is 2. The second kappa shape index (κ2) is 15.3. The highest BCUT2D eigenvalue weighted by molar-refractivity contribution is 5.97. The van der Waals surface area contributed by atoms with Gasteiger partial charge in [-0.25, -0.2) is 0 Å². The molecule has 0 radical (unpaired) electrons. The zero-order valence-electron chi connectivity index (χ0n) is 29.0. The van der Waals surface area contributed by atoms with Gasteiger partial charge in [0.25, 0.3) is 0 Å². The summed E-state index contributed by atoms with van der Waals surface area (Å²) in [7, 11) is 0. The van der Waals surface area contributed by atoms with E-state index in [0.29, 0.717) is 12.8 Å². The molecule has 242 valence electrons. The van der Waals surface area contributed by atoms with Crippen LogP contribution < -0.4 is 0 Å². The van der Waals surface area contributed by atoms with Crippen molar-refractivity contribution in [3.8, 4) is 0 Å². The van der Waals surface area contributed by atoms with Gasteiger partial charge in [0, 0.05) is 12.8 Å². The molecule has 45 heavy (non-hydrogen) atoms. The number of carbonyl (C=O) groups is 2. The van der Waals surface area contributed by atoms with Gasteiger partial charge in [-0.05, 0) is 99.7 Å². The predicted molar refractivity (Wildman–Crippen MR) is 184 cm³/mol. The van der Waals surface area contributed by atoms with Crippen LogP contribution in [-0.4, -0.2) is 23.6 Å². The molecule has 5 nitrogen and oxygen atoms in total. The molecule has 0 aromatic carbocycles. The standard InChI is InChI=1S/C40H52O5/c1-28(14-11-15-29(2)19-21-33-31(4)35(41)23-26-38(33,6)7)16-12-18-37-43-40(10,45-44-37)25-13-17-30(3)20-22-34-32(5)36(42)24-27-39(34,8)9/h11-22,25,37H,23-24,26-27H2,1-10H3/b14-11+,18-12+,21-19+,22-20+,25-13+,28-16+,29-15+,30-17+/t37-,40+/m1/s1. The maximum Gasteiger partial charge on any atom is 0.221 e. The molecule has 1 saturated heterocycles. The lowest BCUT2D eigenvalue weighted by Crippen LogP contribution is -2.24. The summed E-state index contributed by atoms with van der Waals surface area (Å²) >= 11 is 0. The Morgan fingerprint density at radius 3 is 1.69 bits per heavy atom. The van der Waals surface area contributed by atoms with E-state index in [1.54, 1.807) is 13.0 Å². The summed E-state index contributed by atoms with van der Waals surface area (Å²) in [5, 5.41) is 0. The van der Waals surface area contributed by atoms with Crippen molar-refractivity contribution < 1.29 is 24.1 Å². The van der Waals surface area contributed by atoms with Gasteiger partial charge in [-0.3, -0.25) is 9.59 Å². The summed E-state index contributed by atoms with van der Waals surface area (Å²) in [6, 6.07) is 0. The third-order valence-corrected chi connectivity index (χ3v) is 8.84. The number of Topliss-reactive ketones (excluding diaryl/α,β-unsaturated/α-hetero) is 2. The highest BCUT2D eigenvalue weighted by atomic mass is 17.3. The van der Waals surface area contributed by atoms with Gasteiger partial charge in [-0.15, -0.1) is 0 Å². The van der Waals surface area contributed by atoms with Crippen LogP contribution in [0.3, 0.4) is 0 Å². The molecule has 0 aromatic rings. The fourth-order valence-corrected chi connectivity index (χ4v) is 5.69. The average molecular weight is 613 g/mol. The van der Waals surface area contributed by atoms with E-state index in [4.69, 9.17) is 14.5 Å². The van der Waals surface area contributed by atoms with Gasteiger partial charge in [0.15, 0.2) is 11.6 Å². The molecule has 0 bridgehead atoms. The van der Waals surface area contributed by atoms with E-state index in [1.807, 2.05) is 76.3 Å². The van der Waals surface area contributed by atoms with Gasteiger partial charge in [-0.2, -0.15) is 9.78 Å². The summed E-state index contributed by atoms with van der Waals surface area (Å²) in [4.78, 5) is 35.2. The van der Waals surface area contributed by atoms with Crippen molar-refractivity contribution in [3.05, 3.63) is 118 Å².